The summed E-state index contributed by atoms with van der Waals surface area (Å²) in [5.74, 6) is 0.661. The molecule has 0 aliphatic heterocycles. The Balaban J connectivity index is 3.27. The predicted octanol–water partition coefficient (Wildman–Crippen LogP) is 0.515. The van der Waals surface area contributed by atoms with E-state index in [1.165, 1.54) is 14.2 Å². The quantitative estimate of drug-likeness (QED) is 0.732. The molecule has 1 unspecified atom stereocenters. The van der Waals surface area contributed by atoms with E-state index >= 15 is 0 Å². The second kappa shape index (κ2) is 5.65. The zero-order valence-corrected chi connectivity index (χ0v) is 10.2. The van der Waals surface area contributed by atoms with Crippen LogP contribution in [0.4, 0.5) is 0 Å². The Morgan fingerprint density at radius 3 is 2.53 bits per heavy atom. The van der Waals surface area contributed by atoms with Crippen LogP contribution in [0.5, 0.6) is 11.5 Å². The van der Waals surface area contributed by atoms with Gasteiger partial charge in [0.2, 0.25) is 0 Å². The van der Waals surface area contributed by atoms with Gasteiger partial charge in [0, 0.05) is 6.07 Å². The number of methoxy groups -OCH3 is 2. The van der Waals surface area contributed by atoms with Crippen LogP contribution in [-0.2, 0) is 0 Å². The molecule has 5 nitrogen and oxygen atoms in total. The normalized spacial score (nSPS) is 12.1. The van der Waals surface area contributed by atoms with Gasteiger partial charge in [-0.1, -0.05) is 0 Å². The van der Waals surface area contributed by atoms with Crippen LogP contribution in [-0.4, -0.2) is 37.8 Å². The molecule has 1 aromatic carbocycles. The van der Waals surface area contributed by atoms with Crippen LogP contribution in [0.15, 0.2) is 12.1 Å². The van der Waals surface area contributed by atoms with Gasteiger partial charge < -0.3 is 20.3 Å². The van der Waals surface area contributed by atoms with Crippen molar-refractivity contribution in [2.24, 2.45) is 5.73 Å². The van der Waals surface area contributed by atoms with Crippen LogP contribution in [0.3, 0.4) is 0 Å². The lowest BCUT2D eigenvalue weighted by Gasteiger charge is -2.15. The van der Waals surface area contributed by atoms with Crippen molar-refractivity contribution in [3.63, 3.8) is 0 Å². The van der Waals surface area contributed by atoms with Crippen LogP contribution in [0, 0.1) is 6.92 Å². The molecule has 0 fully saturated rings. The van der Waals surface area contributed by atoms with Crippen LogP contribution in [0.2, 0.25) is 0 Å². The molecule has 0 spiro atoms. The lowest BCUT2D eigenvalue weighted by Crippen LogP contribution is -2.34. The highest BCUT2D eigenvalue weighted by atomic mass is 16.5. The summed E-state index contributed by atoms with van der Waals surface area (Å²) in [4.78, 5) is 12.0. The summed E-state index contributed by atoms with van der Waals surface area (Å²) in [6.07, 6.45) is 0. The highest BCUT2D eigenvalue weighted by molar-refractivity contribution is 6.03. The molecule has 0 heterocycles. The summed E-state index contributed by atoms with van der Waals surface area (Å²) in [5.41, 5.74) is 6.61. The van der Waals surface area contributed by atoms with Gasteiger partial charge >= 0.3 is 0 Å². The van der Waals surface area contributed by atoms with Gasteiger partial charge in [-0.2, -0.15) is 0 Å². The lowest BCUT2D eigenvalue weighted by molar-refractivity contribution is 0.0921. The maximum Gasteiger partial charge on any atom is 0.185 e. The molecule has 1 aromatic rings. The molecule has 0 aliphatic rings. The van der Waals surface area contributed by atoms with E-state index < -0.39 is 12.6 Å². The van der Waals surface area contributed by atoms with Gasteiger partial charge in [-0.3, -0.25) is 4.79 Å². The molecular formula is C12H17NO4. The molecule has 94 valence electrons. The van der Waals surface area contributed by atoms with Gasteiger partial charge in [-0.05, 0) is 18.6 Å². The number of ketones is 1. The molecule has 0 amide bonds. The molecule has 3 N–H and O–H groups in total. The molecule has 0 aromatic heterocycles. The van der Waals surface area contributed by atoms with Crippen molar-refractivity contribution in [1.29, 1.82) is 0 Å². The molecule has 0 saturated carbocycles. The molecule has 0 bridgehead atoms. The van der Waals surface area contributed by atoms with Crippen molar-refractivity contribution < 1.29 is 19.4 Å². The Hall–Kier alpha value is -1.59. The standard InChI is InChI=1S/C12H17NO4/c1-7-4-8(16-2)5-10(17-3)11(7)12(15)9(13)6-14/h4-5,9,14H,6,13H2,1-3H3. The average Bonchev–Trinajstić information content (AvgIpc) is 2.35. The smallest absolute Gasteiger partial charge is 0.185 e. The van der Waals surface area contributed by atoms with E-state index in [1.807, 2.05) is 0 Å². The number of benzene rings is 1. The molecule has 17 heavy (non-hydrogen) atoms. The van der Waals surface area contributed by atoms with Crippen molar-refractivity contribution in [2.75, 3.05) is 20.8 Å². The second-order valence-electron chi connectivity index (χ2n) is 3.67. The Bertz CT molecular complexity index is 417. The number of hydrogen-bond donors (Lipinski definition) is 2. The fourth-order valence-electron chi connectivity index (χ4n) is 1.59. The number of rotatable bonds is 5. The zero-order valence-electron chi connectivity index (χ0n) is 10.2. The number of aliphatic hydroxyl groups is 1. The molecule has 1 rings (SSSR count). The first-order valence-corrected chi connectivity index (χ1v) is 5.18. The molecule has 0 saturated heterocycles. The first-order chi connectivity index (χ1) is 8.04. The third kappa shape index (κ3) is 2.75. The summed E-state index contributed by atoms with van der Waals surface area (Å²) in [6.45, 7) is 1.37. The Kier molecular flexibility index (Phi) is 4.48. The summed E-state index contributed by atoms with van der Waals surface area (Å²) >= 11 is 0. The Morgan fingerprint density at radius 2 is 2.06 bits per heavy atom. The van der Waals surface area contributed by atoms with Crippen molar-refractivity contribution in [2.45, 2.75) is 13.0 Å². The molecular weight excluding hydrogens is 222 g/mol. The van der Waals surface area contributed by atoms with Crippen molar-refractivity contribution in [3.8, 4) is 11.5 Å². The maximum absolute atomic E-state index is 12.0. The van der Waals surface area contributed by atoms with E-state index in [-0.39, 0.29) is 5.78 Å². The van der Waals surface area contributed by atoms with E-state index in [1.54, 1.807) is 19.1 Å². The fraction of sp³-hybridized carbons (Fsp3) is 0.417. The predicted molar refractivity (Wildman–Crippen MR) is 63.7 cm³/mol. The van der Waals surface area contributed by atoms with E-state index in [9.17, 15) is 4.79 Å². The third-order valence-corrected chi connectivity index (χ3v) is 2.51. The van der Waals surface area contributed by atoms with Gasteiger partial charge in [0.1, 0.15) is 11.5 Å². The van der Waals surface area contributed by atoms with Crippen LogP contribution in [0.25, 0.3) is 0 Å². The van der Waals surface area contributed by atoms with E-state index in [0.29, 0.717) is 22.6 Å². The number of ether oxygens (including phenoxy) is 2. The second-order valence-corrected chi connectivity index (χ2v) is 3.67. The van der Waals surface area contributed by atoms with E-state index in [4.69, 9.17) is 20.3 Å². The van der Waals surface area contributed by atoms with Crippen molar-refractivity contribution in [1.82, 2.24) is 0 Å². The van der Waals surface area contributed by atoms with Crippen LogP contribution >= 0.6 is 0 Å². The summed E-state index contributed by atoms with van der Waals surface area (Å²) in [6, 6.07) is 2.40. The molecule has 0 radical (unpaired) electrons. The monoisotopic (exact) mass is 239 g/mol. The largest absolute Gasteiger partial charge is 0.497 e. The van der Waals surface area contributed by atoms with Gasteiger partial charge in [0.15, 0.2) is 5.78 Å². The van der Waals surface area contributed by atoms with Gasteiger partial charge in [-0.25, -0.2) is 0 Å². The molecule has 5 heteroatoms. The Morgan fingerprint density at radius 1 is 1.41 bits per heavy atom. The number of carbonyl (C=O) groups excluding carboxylic acids is 1. The van der Waals surface area contributed by atoms with Gasteiger partial charge in [0.25, 0.3) is 0 Å². The first kappa shape index (κ1) is 13.5. The average molecular weight is 239 g/mol. The summed E-state index contributed by atoms with van der Waals surface area (Å²) < 4.78 is 10.2. The lowest BCUT2D eigenvalue weighted by atomic mass is 9.99. The molecule has 0 aliphatic carbocycles. The van der Waals surface area contributed by atoms with E-state index in [2.05, 4.69) is 0 Å². The zero-order chi connectivity index (χ0) is 13.0. The minimum absolute atomic E-state index is 0.343. The molecule has 1 atom stereocenters. The number of Topliss-reactive ketones (excluding diaryl/α,β-unsaturated/α-hetero) is 1. The number of aryl methyl sites for hydroxylation is 1. The fourth-order valence-corrected chi connectivity index (χ4v) is 1.59. The topological polar surface area (TPSA) is 81.8 Å². The van der Waals surface area contributed by atoms with Crippen LogP contribution < -0.4 is 15.2 Å². The SMILES string of the molecule is COc1cc(C)c(C(=O)C(N)CO)c(OC)c1. The number of nitrogens with two attached hydrogens (primary N) is 1. The maximum atomic E-state index is 12.0. The van der Waals surface area contributed by atoms with E-state index in [0.717, 1.165) is 0 Å². The Labute approximate surface area is 100 Å². The van der Waals surface area contributed by atoms with Crippen molar-refractivity contribution >= 4 is 5.78 Å². The minimum atomic E-state index is -0.934. The number of aliphatic hydroxyl groups excluding tert-OH is 1. The first-order valence-electron chi connectivity index (χ1n) is 5.18. The number of hydrogen-bond acceptors (Lipinski definition) is 5. The van der Waals surface area contributed by atoms with Gasteiger partial charge in [-0.15, -0.1) is 0 Å². The minimum Gasteiger partial charge on any atom is -0.497 e. The van der Waals surface area contributed by atoms with Crippen LogP contribution in [0.1, 0.15) is 15.9 Å². The van der Waals surface area contributed by atoms with Gasteiger partial charge in [0.05, 0.1) is 32.4 Å². The highest BCUT2D eigenvalue weighted by Crippen LogP contribution is 2.29. The van der Waals surface area contributed by atoms with Crippen molar-refractivity contribution in [3.05, 3.63) is 23.3 Å². The third-order valence-electron chi connectivity index (χ3n) is 2.51. The summed E-state index contributed by atoms with van der Waals surface area (Å²) in [7, 11) is 3.00. The summed E-state index contributed by atoms with van der Waals surface area (Å²) in [5, 5.41) is 8.91. The highest BCUT2D eigenvalue weighted by Gasteiger charge is 2.22. The number of carbonyl (C=O) groups is 1.